The second-order valence-electron chi connectivity index (χ2n) is 5.55. The smallest absolute Gasteiger partial charge is 0.166 e. The van der Waals surface area contributed by atoms with E-state index in [1.54, 1.807) is 6.07 Å². The van der Waals surface area contributed by atoms with Crippen LogP contribution in [0.25, 0.3) is 0 Å². The lowest BCUT2D eigenvalue weighted by Gasteiger charge is -2.15. The van der Waals surface area contributed by atoms with Crippen LogP contribution in [0, 0.1) is 12.7 Å². The minimum absolute atomic E-state index is 0.284. The maximum absolute atomic E-state index is 14.1. The van der Waals surface area contributed by atoms with E-state index < -0.39 is 0 Å². The van der Waals surface area contributed by atoms with E-state index in [1.807, 2.05) is 25.1 Å². The van der Waals surface area contributed by atoms with E-state index in [4.69, 9.17) is 10.5 Å². The molecule has 0 saturated heterocycles. The van der Waals surface area contributed by atoms with Crippen LogP contribution in [0.1, 0.15) is 36.5 Å². The fraction of sp³-hybridized carbons (Fsp3) is 0.333. The summed E-state index contributed by atoms with van der Waals surface area (Å²) < 4.78 is 20.0. The third-order valence-corrected chi connectivity index (χ3v) is 3.55. The molecule has 0 fully saturated rings. The van der Waals surface area contributed by atoms with Gasteiger partial charge >= 0.3 is 0 Å². The Labute approximate surface area is 125 Å². The topological polar surface area (TPSA) is 35.2 Å². The van der Waals surface area contributed by atoms with Crippen LogP contribution in [0.2, 0.25) is 0 Å². The molecule has 0 aliphatic carbocycles. The van der Waals surface area contributed by atoms with Crippen LogP contribution < -0.4 is 10.5 Å². The molecular weight excluding hydrogens is 265 g/mol. The summed E-state index contributed by atoms with van der Waals surface area (Å²) in [5.74, 6) is 1.03. The third kappa shape index (κ3) is 3.61. The Hall–Kier alpha value is -1.87. The van der Waals surface area contributed by atoms with Gasteiger partial charge in [0.05, 0.1) is 0 Å². The second-order valence-corrected chi connectivity index (χ2v) is 5.55. The molecule has 0 bridgehead atoms. The Morgan fingerprint density at radius 1 is 1.19 bits per heavy atom. The molecule has 112 valence electrons. The van der Waals surface area contributed by atoms with E-state index in [-0.39, 0.29) is 11.6 Å². The fourth-order valence-electron chi connectivity index (χ4n) is 2.22. The van der Waals surface area contributed by atoms with Crippen LogP contribution in [-0.4, -0.2) is 6.54 Å². The van der Waals surface area contributed by atoms with Crippen molar-refractivity contribution in [2.45, 2.75) is 33.1 Å². The molecule has 2 aromatic carbocycles. The molecule has 0 amide bonds. The number of hydrogen-bond acceptors (Lipinski definition) is 2. The van der Waals surface area contributed by atoms with Crippen molar-refractivity contribution in [2.75, 3.05) is 6.54 Å². The highest BCUT2D eigenvalue weighted by Crippen LogP contribution is 2.32. The van der Waals surface area contributed by atoms with Crippen LogP contribution in [0.4, 0.5) is 4.39 Å². The van der Waals surface area contributed by atoms with Gasteiger partial charge in [-0.05, 0) is 54.6 Å². The first-order valence-electron chi connectivity index (χ1n) is 7.28. The summed E-state index contributed by atoms with van der Waals surface area (Å²) >= 11 is 0. The van der Waals surface area contributed by atoms with Gasteiger partial charge in [-0.25, -0.2) is 4.39 Å². The average Bonchev–Trinajstić information content (AvgIpc) is 2.44. The first-order chi connectivity index (χ1) is 10.0. The van der Waals surface area contributed by atoms with Gasteiger partial charge in [0, 0.05) is 0 Å². The van der Waals surface area contributed by atoms with Crippen LogP contribution in [0.5, 0.6) is 11.5 Å². The van der Waals surface area contributed by atoms with Gasteiger partial charge in [-0.2, -0.15) is 0 Å². The summed E-state index contributed by atoms with van der Waals surface area (Å²) in [6.45, 7) is 6.67. The monoisotopic (exact) mass is 287 g/mol. The summed E-state index contributed by atoms with van der Waals surface area (Å²) in [5, 5.41) is 0. The predicted octanol–water partition coefficient (Wildman–Crippen LogP) is 4.55. The lowest BCUT2D eigenvalue weighted by molar-refractivity contribution is 0.433. The van der Waals surface area contributed by atoms with Crippen molar-refractivity contribution in [3.63, 3.8) is 0 Å². The Kier molecular flexibility index (Phi) is 4.97. The molecule has 0 spiro atoms. The quantitative estimate of drug-likeness (QED) is 0.875. The highest BCUT2D eigenvalue weighted by Gasteiger charge is 2.13. The van der Waals surface area contributed by atoms with E-state index in [2.05, 4.69) is 19.9 Å². The van der Waals surface area contributed by atoms with E-state index in [0.717, 1.165) is 11.1 Å². The van der Waals surface area contributed by atoms with Crippen LogP contribution in [0.3, 0.4) is 0 Å². The predicted molar refractivity (Wildman–Crippen MR) is 84.5 cm³/mol. The highest BCUT2D eigenvalue weighted by atomic mass is 19.1. The van der Waals surface area contributed by atoms with Crippen molar-refractivity contribution in [3.05, 3.63) is 58.9 Å². The number of benzene rings is 2. The van der Waals surface area contributed by atoms with Crippen molar-refractivity contribution in [1.82, 2.24) is 0 Å². The summed E-state index contributed by atoms with van der Waals surface area (Å²) in [4.78, 5) is 0. The number of para-hydroxylation sites is 1. The van der Waals surface area contributed by atoms with Gasteiger partial charge in [0.15, 0.2) is 11.6 Å². The molecule has 0 heterocycles. The van der Waals surface area contributed by atoms with Crippen molar-refractivity contribution in [2.24, 2.45) is 5.73 Å². The zero-order valence-electron chi connectivity index (χ0n) is 12.8. The first-order valence-corrected chi connectivity index (χ1v) is 7.28. The molecule has 2 N–H and O–H groups in total. The molecule has 0 aromatic heterocycles. The third-order valence-electron chi connectivity index (χ3n) is 3.55. The van der Waals surface area contributed by atoms with Crippen molar-refractivity contribution in [1.29, 1.82) is 0 Å². The average molecular weight is 287 g/mol. The van der Waals surface area contributed by atoms with E-state index in [9.17, 15) is 4.39 Å². The van der Waals surface area contributed by atoms with E-state index >= 15 is 0 Å². The number of nitrogens with two attached hydrogens (primary N) is 1. The summed E-state index contributed by atoms with van der Waals surface area (Å²) in [6, 6.07) is 11.0. The molecule has 0 unspecified atom stereocenters. The molecule has 21 heavy (non-hydrogen) atoms. The highest BCUT2D eigenvalue weighted by molar-refractivity contribution is 5.44. The number of aryl methyl sites for hydroxylation is 1. The summed E-state index contributed by atoms with van der Waals surface area (Å²) in [7, 11) is 0. The van der Waals surface area contributed by atoms with Crippen LogP contribution >= 0.6 is 0 Å². The van der Waals surface area contributed by atoms with Crippen LogP contribution in [0.15, 0.2) is 36.4 Å². The van der Waals surface area contributed by atoms with Crippen molar-refractivity contribution >= 4 is 0 Å². The molecule has 2 aromatic rings. The van der Waals surface area contributed by atoms with Gasteiger partial charge in [-0.3, -0.25) is 0 Å². The number of rotatable bonds is 5. The van der Waals surface area contributed by atoms with Gasteiger partial charge in [-0.15, -0.1) is 0 Å². The maximum atomic E-state index is 14.1. The molecular formula is C18H22FNO. The number of hydrogen-bond donors (Lipinski definition) is 1. The lowest BCUT2D eigenvalue weighted by Crippen LogP contribution is -2.05. The molecule has 0 saturated carbocycles. The van der Waals surface area contributed by atoms with Gasteiger partial charge in [-0.1, -0.05) is 38.1 Å². The van der Waals surface area contributed by atoms with Crippen LogP contribution in [-0.2, 0) is 6.42 Å². The first kappa shape index (κ1) is 15.5. The minimum Gasteiger partial charge on any atom is -0.454 e. The standard InChI is InChI=1S/C18H22FNO/c1-12(2)15-8-7-13(3)17(11-15)21-18-14(9-10-20)5-4-6-16(18)19/h4-8,11-12H,9-10,20H2,1-3H3. The van der Waals surface area contributed by atoms with E-state index in [0.29, 0.717) is 24.6 Å². The molecule has 2 rings (SSSR count). The number of ether oxygens (including phenoxy) is 1. The Bertz CT molecular complexity index is 623. The largest absolute Gasteiger partial charge is 0.454 e. The van der Waals surface area contributed by atoms with Crippen molar-refractivity contribution in [3.8, 4) is 11.5 Å². The normalized spacial score (nSPS) is 11.0. The maximum Gasteiger partial charge on any atom is 0.166 e. The zero-order valence-corrected chi connectivity index (χ0v) is 12.8. The Balaban J connectivity index is 2.40. The summed E-state index contributed by atoms with van der Waals surface area (Å²) in [5.41, 5.74) is 8.55. The van der Waals surface area contributed by atoms with Crippen molar-refractivity contribution < 1.29 is 9.13 Å². The molecule has 0 aliphatic heterocycles. The molecule has 2 nitrogen and oxygen atoms in total. The summed E-state index contributed by atoms with van der Waals surface area (Å²) in [6.07, 6.45) is 0.593. The Morgan fingerprint density at radius 2 is 1.95 bits per heavy atom. The lowest BCUT2D eigenvalue weighted by atomic mass is 10.0. The Morgan fingerprint density at radius 3 is 2.62 bits per heavy atom. The number of halogens is 1. The molecule has 3 heteroatoms. The van der Waals surface area contributed by atoms with Gasteiger partial charge < -0.3 is 10.5 Å². The minimum atomic E-state index is -0.352. The molecule has 0 atom stereocenters. The zero-order chi connectivity index (χ0) is 15.4. The SMILES string of the molecule is Cc1ccc(C(C)C)cc1Oc1c(F)cccc1CCN. The second kappa shape index (κ2) is 6.72. The van der Waals surface area contributed by atoms with Gasteiger partial charge in [0.2, 0.25) is 0 Å². The van der Waals surface area contributed by atoms with Gasteiger partial charge in [0.25, 0.3) is 0 Å². The van der Waals surface area contributed by atoms with E-state index in [1.165, 1.54) is 11.6 Å². The fourth-order valence-corrected chi connectivity index (χ4v) is 2.22. The molecule has 0 aliphatic rings. The molecule has 0 radical (unpaired) electrons. The van der Waals surface area contributed by atoms with Gasteiger partial charge in [0.1, 0.15) is 5.75 Å².